The van der Waals surface area contributed by atoms with Crippen molar-refractivity contribution in [3.8, 4) is 0 Å². The molecular formula is C17H24N2OS. The minimum atomic E-state index is 0.343. The summed E-state index contributed by atoms with van der Waals surface area (Å²) in [6.07, 6.45) is 10.0. The number of fused-ring (bicyclic) bond motifs is 1. The molecule has 3 nitrogen and oxygen atoms in total. The van der Waals surface area contributed by atoms with E-state index in [9.17, 15) is 4.79 Å². The van der Waals surface area contributed by atoms with Crippen LogP contribution < -0.4 is 0 Å². The van der Waals surface area contributed by atoms with Gasteiger partial charge in [0.25, 0.3) is 0 Å². The van der Waals surface area contributed by atoms with Gasteiger partial charge in [-0.1, -0.05) is 12.8 Å². The Kier molecular flexibility index (Phi) is 4.84. The minimum absolute atomic E-state index is 0.343. The lowest BCUT2D eigenvalue weighted by molar-refractivity contribution is -0.131. The zero-order valence-corrected chi connectivity index (χ0v) is 13.5. The summed E-state index contributed by atoms with van der Waals surface area (Å²) in [5.74, 6) is 2.61. The summed E-state index contributed by atoms with van der Waals surface area (Å²) in [6, 6.07) is 5.01. The van der Waals surface area contributed by atoms with Crippen LogP contribution in [0.2, 0.25) is 0 Å². The quantitative estimate of drug-likeness (QED) is 0.853. The number of rotatable bonds is 4. The van der Waals surface area contributed by atoms with Gasteiger partial charge in [0.05, 0.1) is 5.75 Å². The monoisotopic (exact) mass is 304 g/mol. The van der Waals surface area contributed by atoms with Crippen LogP contribution in [0.3, 0.4) is 0 Å². The zero-order valence-electron chi connectivity index (χ0n) is 12.7. The van der Waals surface area contributed by atoms with Crippen LogP contribution in [0.1, 0.15) is 44.6 Å². The van der Waals surface area contributed by atoms with E-state index < -0.39 is 0 Å². The molecule has 0 N–H and O–H groups in total. The molecule has 2 heterocycles. The predicted molar refractivity (Wildman–Crippen MR) is 87.1 cm³/mol. The van der Waals surface area contributed by atoms with Gasteiger partial charge in [0.2, 0.25) is 5.91 Å². The van der Waals surface area contributed by atoms with Crippen LogP contribution in [0.5, 0.6) is 0 Å². The number of hydrogen-bond acceptors (Lipinski definition) is 3. The molecule has 4 heteroatoms. The summed E-state index contributed by atoms with van der Waals surface area (Å²) in [5.41, 5.74) is 1.24. The number of nitrogens with zero attached hydrogens (tertiary/aromatic N) is 2. The van der Waals surface area contributed by atoms with Gasteiger partial charge in [0.15, 0.2) is 0 Å². The Morgan fingerprint density at radius 2 is 2.10 bits per heavy atom. The van der Waals surface area contributed by atoms with Gasteiger partial charge in [0.1, 0.15) is 0 Å². The van der Waals surface area contributed by atoms with Crippen LogP contribution in [0, 0.1) is 5.92 Å². The highest BCUT2D eigenvalue weighted by molar-refractivity contribution is 7.99. The number of likely N-dealkylation sites (tertiary alicyclic amines) is 1. The topological polar surface area (TPSA) is 33.2 Å². The van der Waals surface area contributed by atoms with Crippen LogP contribution in [0.25, 0.3) is 0 Å². The molecule has 1 saturated heterocycles. The van der Waals surface area contributed by atoms with Gasteiger partial charge in [-0.15, -0.1) is 11.8 Å². The lowest BCUT2D eigenvalue weighted by atomic mass is 9.85. The second kappa shape index (κ2) is 6.82. The molecule has 0 aromatic carbocycles. The fourth-order valence-electron chi connectivity index (χ4n) is 3.95. The number of carbonyl (C=O) groups excluding carboxylic acids is 1. The van der Waals surface area contributed by atoms with Gasteiger partial charge in [-0.25, -0.2) is 0 Å². The summed E-state index contributed by atoms with van der Waals surface area (Å²) in [5, 5.41) is 0. The first kappa shape index (κ1) is 14.9. The molecule has 21 heavy (non-hydrogen) atoms. The predicted octanol–water partition coefficient (Wildman–Crippen LogP) is 3.49. The van der Waals surface area contributed by atoms with E-state index in [-0.39, 0.29) is 0 Å². The molecule has 2 aliphatic rings. The highest BCUT2D eigenvalue weighted by Gasteiger charge is 2.42. The van der Waals surface area contributed by atoms with Gasteiger partial charge in [-0.2, -0.15) is 0 Å². The van der Waals surface area contributed by atoms with Crippen molar-refractivity contribution in [2.24, 2.45) is 5.92 Å². The largest absolute Gasteiger partial charge is 0.336 e. The van der Waals surface area contributed by atoms with Crippen molar-refractivity contribution < 1.29 is 4.79 Å². The number of carbonyl (C=O) groups is 1. The summed E-state index contributed by atoms with van der Waals surface area (Å²) in [6.45, 7) is 2.23. The van der Waals surface area contributed by atoms with Crippen molar-refractivity contribution in [2.75, 3.05) is 5.75 Å². The third-order valence-electron chi connectivity index (χ3n) is 4.88. The van der Waals surface area contributed by atoms with E-state index in [1.165, 1.54) is 37.7 Å². The fourth-order valence-corrected chi connectivity index (χ4v) is 4.80. The van der Waals surface area contributed by atoms with E-state index in [0.29, 0.717) is 23.7 Å². The summed E-state index contributed by atoms with van der Waals surface area (Å²) in [4.78, 5) is 18.8. The maximum absolute atomic E-state index is 12.6. The first-order valence-corrected chi connectivity index (χ1v) is 9.19. The lowest BCUT2D eigenvalue weighted by Gasteiger charge is -2.33. The SMILES string of the molecule is C[C@@H]1C[C@@H]2CCCC[C@@H]2N1C(=O)CSCc1ccncc1. The van der Waals surface area contributed by atoms with Crippen molar-refractivity contribution in [3.05, 3.63) is 30.1 Å². The van der Waals surface area contributed by atoms with Crippen LogP contribution in [0.15, 0.2) is 24.5 Å². The number of pyridine rings is 1. The van der Waals surface area contributed by atoms with Crippen molar-refractivity contribution in [3.63, 3.8) is 0 Å². The van der Waals surface area contributed by atoms with Crippen LogP contribution in [-0.2, 0) is 10.5 Å². The maximum Gasteiger partial charge on any atom is 0.233 e. The van der Waals surface area contributed by atoms with E-state index in [1.54, 1.807) is 11.8 Å². The highest BCUT2D eigenvalue weighted by atomic mass is 32.2. The zero-order chi connectivity index (χ0) is 14.7. The molecule has 114 valence electrons. The van der Waals surface area contributed by atoms with Crippen LogP contribution in [-0.4, -0.2) is 33.6 Å². The molecule has 0 spiro atoms. The fraction of sp³-hybridized carbons (Fsp3) is 0.647. The molecule has 1 amide bonds. The molecule has 0 bridgehead atoms. The Bertz CT molecular complexity index is 479. The average Bonchev–Trinajstić information content (AvgIpc) is 2.84. The van der Waals surface area contributed by atoms with Gasteiger partial charge in [-0.3, -0.25) is 9.78 Å². The number of amides is 1. The first-order valence-electron chi connectivity index (χ1n) is 8.03. The molecule has 1 aromatic rings. The molecule has 3 atom stereocenters. The number of thioether (sulfide) groups is 1. The van der Waals surface area contributed by atoms with E-state index in [1.807, 2.05) is 24.5 Å². The first-order chi connectivity index (χ1) is 10.3. The number of hydrogen-bond donors (Lipinski definition) is 0. The van der Waals surface area contributed by atoms with Gasteiger partial charge < -0.3 is 4.90 Å². The summed E-state index contributed by atoms with van der Waals surface area (Å²) >= 11 is 1.72. The van der Waals surface area contributed by atoms with E-state index >= 15 is 0 Å². The Labute approximate surface area is 131 Å². The van der Waals surface area contributed by atoms with Gasteiger partial charge in [0, 0.05) is 30.2 Å². The Morgan fingerprint density at radius 1 is 1.33 bits per heavy atom. The molecule has 3 rings (SSSR count). The third kappa shape index (κ3) is 3.42. The third-order valence-corrected chi connectivity index (χ3v) is 5.87. The summed E-state index contributed by atoms with van der Waals surface area (Å²) < 4.78 is 0. The average molecular weight is 304 g/mol. The van der Waals surface area contributed by atoms with E-state index in [0.717, 1.165) is 11.7 Å². The van der Waals surface area contributed by atoms with Crippen molar-refractivity contribution >= 4 is 17.7 Å². The van der Waals surface area contributed by atoms with Crippen LogP contribution >= 0.6 is 11.8 Å². The Morgan fingerprint density at radius 3 is 2.90 bits per heavy atom. The van der Waals surface area contributed by atoms with E-state index in [4.69, 9.17) is 0 Å². The minimum Gasteiger partial charge on any atom is -0.336 e. The second-order valence-corrected chi connectivity index (χ2v) is 7.33. The number of aromatic nitrogens is 1. The van der Waals surface area contributed by atoms with Crippen molar-refractivity contribution in [1.29, 1.82) is 0 Å². The van der Waals surface area contributed by atoms with Gasteiger partial charge in [-0.05, 0) is 49.8 Å². The molecule has 1 aliphatic heterocycles. The standard InChI is InChI=1S/C17H24N2OS/c1-13-10-15-4-2-3-5-16(15)19(13)17(20)12-21-11-14-6-8-18-9-7-14/h6-9,13,15-16H,2-5,10-12H2,1H3/t13-,15+,16+/m1/s1. The smallest absolute Gasteiger partial charge is 0.233 e. The van der Waals surface area contributed by atoms with E-state index in [2.05, 4.69) is 16.8 Å². The lowest BCUT2D eigenvalue weighted by Crippen LogP contribution is -2.43. The Balaban J connectivity index is 1.52. The molecule has 1 aromatic heterocycles. The van der Waals surface area contributed by atoms with Crippen molar-refractivity contribution in [1.82, 2.24) is 9.88 Å². The molecular weight excluding hydrogens is 280 g/mol. The molecule has 1 saturated carbocycles. The normalized spacial score (nSPS) is 28.4. The van der Waals surface area contributed by atoms with Gasteiger partial charge >= 0.3 is 0 Å². The van der Waals surface area contributed by atoms with Crippen LogP contribution in [0.4, 0.5) is 0 Å². The molecule has 0 radical (unpaired) electrons. The summed E-state index contributed by atoms with van der Waals surface area (Å²) in [7, 11) is 0. The highest BCUT2D eigenvalue weighted by Crippen LogP contribution is 2.39. The molecule has 0 unspecified atom stereocenters. The van der Waals surface area contributed by atoms with Crippen molar-refractivity contribution in [2.45, 2.75) is 56.9 Å². The maximum atomic E-state index is 12.6. The molecule has 1 aliphatic carbocycles. The Hall–Kier alpha value is -1.03. The molecule has 2 fully saturated rings. The second-order valence-electron chi connectivity index (χ2n) is 6.35.